The molecule has 1 aliphatic rings. The van der Waals surface area contributed by atoms with Gasteiger partial charge in [0.2, 0.25) is 0 Å². The lowest BCUT2D eigenvalue weighted by Gasteiger charge is -2.29. The van der Waals surface area contributed by atoms with Crippen LogP contribution < -0.4 is 0 Å². The molecule has 0 bridgehead atoms. The van der Waals surface area contributed by atoms with Crippen LogP contribution in [0.2, 0.25) is 0 Å². The maximum atomic E-state index is 10.5. The molecule has 1 unspecified atom stereocenters. The smallest absolute Gasteiger partial charge is 0.166 e. The van der Waals surface area contributed by atoms with Crippen LogP contribution in [0, 0.1) is 6.42 Å². The Labute approximate surface area is 67.3 Å². The number of piperidine rings is 1. The molecule has 0 aromatic rings. The van der Waals surface area contributed by atoms with E-state index in [0.717, 1.165) is 32.2 Å². The standard InChI is InChI=1S/C8H14NO2/c1-11-8(7-10)9-5-3-2-4-6-9/h2,7-8H,3-6H2,1H3. The first kappa shape index (κ1) is 8.68. The van der Waals surface area contributed by atoms with Gasteiger partial charge >= 0.3 is 0 Å². The van der Waals surface area contributed by atoms with E-state index in [1.807, 2.05) is 4.90 Å². The van der Waals surface area contributed by atoms with Crippen LogP contribution in [0.15, 0.2) is 0 Å². The van der Waals surface area contributed by atoms with Crippen molar-refractivity contribution in [3.8, 4) is 0 Å². The molecule has 0 amide bonds. The molecule has 1 rings (SSSR count). The molecule has 0 N–H and O–H groups in total. The van der Waals surface area contributed by atoms with Crippen molar-refractivity contribution in [2.45, 2.75) is 19.1 Å². The normalized spacial score (nSPS) is 23.0. The summed E-state index contributed by atoms with van der Waals surface area (Å²) in [6, 6.07) is 0. The topological polar surface area (TPSA) is 29.5 Å². The van der Waals surface area contributed by atoms with Crippen molar-refractivity contribution in [2.24, 2.45) is 0 Å². The molecule has 3 nitrogen and oxygen atoms in total. The fourth-order valence-corrected chi connectivity index (χ4v) is 1.32. The van der Waals surface area contributed by atoms with E-state index in [1.165, 1.54) is 0 Å². The zero-order valence-corrected chi connectivity index (χ0v) is 6.82. The van der Waals surface area contributed by atoms with Gasteiger partial charge in [-0.1, -0.05) is 0 Å². The summed E-state index contributed by atoms with van der Waals surface area (Å²) in [4.78, 5) is 12.5. The van der Waals surface area contributed by atoms with E-state index >= 15 is 0 Å². The number of nitrogens with zero attached hydrogens (tertiary/aromatic N) is 1. The summed E-state index contributed by atoms with van der Waals surface area (Å²) in [5.74, 6) is 0. The lowest BCUT2D eigenvalue weighted by molar-refractivity contribution is -0.128. The van der Waals surface area contributed by atoms with Gasteiger partial charge in [0.1, 0.15) is 0 Å². The van der Waals surface area contributed by atoms with Crippen molar-refractivity contribution in [3.63, 3.8) is 0 Å². The van der Waals surface area contributed by atoms with E-state index < -0.39 is 0 Å². The zero-order chi connectivity index (χ0) is 8.10. The minimum Gasteiger partial charge on any atom is -0.359 e. The highest BCUT2D eigenvalue weighted by Gasteiger charge is 2.18. The van der Waals surface area contributed by atoms with Gasteiger partial charge in [0.15, 0.2) is 12.5 Å². The number of hydrogen-bond donors (Lipinski definition) is 0. The SMILES string of the molecule is COC(C=O)N1CC[CH]CC1. The van der Waals surface area contributed by atoms with Gasteiger partial charge in [0.25, 0.3) is 0 Å². The summed E-state index contributed by atoms with van der Waals surface area (Å²) in [5, 5.41) is 0. The third-order valence-corrected chi connectivity index (χ3v) is 1.96. The Kier molecular flexibility index (Phi) is 3.52. The fourth-order valence-electron chi connectivity index (χ4n) is 1.32. The number of methoxy groups -OCH3 is 1. The van der Waals surface area contributed by atoms with Gasteiger partial charge in [-0.3, -0.25) is 9.69 Å². The molecule has 1 aliphatic heterocycles. The fraction of sp³-hybridized carbons (Fsp3) is 0.750. The number of ether oxygens (including phenoxy) is 1. The van der Waals surface area contributed by atoms with Gasteiger partial charge in [0, 0.05) is 20.2 Å². The summed E-state index contributed by atoms with van der Waals surface area (Å²) in [6.45, 7) is 1.88. The van der Waals surface area contributed by atoms with Crippen LogP contribution in [0.25, 0.3) is 0 Å². The number of carbonyl (C=O) groups is 1. The van der Waals surface area contributed by atoms with Crippen LogP contribution in [-0.2, 0) is 9.53 Å². The summed E-state index contributed by atoms with van der Waals surface area (Å²) < 4.78 is 4.98. The number of carbonyl (C=O) groups excluding carboxylic acids is 1. The Morgan fingerprint density at radius 3 is 2.64 bits per heavy atom. The molecular formula is C8H14NO2. The summed E-state index contributed by atoms with van der Waals surface area (Å²) >= 11 is 0. The number of likely N-dealkylation sites (tertiary alicyclic amines) is 1. The van der Waals surface area contributed by atoms with Crippen LogP contribution in [0.4, 0.5) is 0 Å². The predicted octanol–water partition coefficient (Wildman–Crippen LogP) is 0.458. The van der Waals surface area contributed by atoms with E-state index in [0.29, 0.717) is 0 Å². The summed E-state index contributed by atoms with van der Waals surface area (Å²) in [6.07, 6.45) is 4.89. The average molecular weight is 156 g/mol. The van der Waals surface area contributed by atoms with Crippen LogP contribution in [-0.4, -0.2) is 37.6 Å². The van der Waals surface area contributed by atoms with Crippen LogP contribution in [0.3, 0.4) is 0 Å². The second kappa shape index (κ2) is 4.46. The quantitative estimate of drug-likeness (QED) is 0.556. The van der Waals surface area contributed by atoms with E-state index in [4.69, 9.17) is 4.74 Å². The molecular weight excluding hydrogens is 142 g/mol. The van der Waals surface area contributed by atoms with Gasteiger partial charge in [-0.25, -0.2) is 0 Å². The molecule has 1 heterocycles. The molecule has 63 valence electrons. The van der Waals surface area contributed by atoms with Crippen molar-refractivity contribution in [1.29, 1.82) is 0 Å². The van der Waals surface area contributed by atoms with E-state index in [9.17, 15) is 4.79 Å². The van der Waals surface area contributed by atoms with E-state index in [2.05, 4.69) is 6.42 Å². The molecule has 1 saturated heterocycles. The van der Waals surface area contributed by atoms with Gasteiger partial charge in [-0.05, 0) is 19.3 Å². The molecule has 0 aromatic heterocycles. The molecule has 0 aliphatic carbocycles. The second-order valence-electron chi connectivity index (χ2n) is 2.66. The number of rotatable bonds is 3. The lowest BCUT2D eigenvalue weighted by atomic mass is 10.1. The van der Waals surface area contributed by atoms with Gasteiger partial charge < -0.3 is 4.74 Å². The molecule has 3 heteroatoms. The maximum Gasteiger partial charge on any atom is 0.166 e. The number of hydrogen-bond acceptors (Lipinski definition) is 3. The molecule has 1 atom stereocenters. The molecule has 1 radical (unpaired) electrons. The highest BCUT2D eigenvalue weighted by molar-refractivity contribution is 5.55. The third-order valence-electron chi connectivity index (χ3n) is 1.96. The van der Waals surface area contributed by atoms with Crippen molar-refractivity contribution in [2.75, 3.05) is 20.2 Å². The van der Waals surface area contributed by atoms with Crippen molar-refractivity contribution in [3.05, 3.63) is 6.42 Å². The first-order valence-electron chi connectivity index (χ1n) is 3.92. The lowest BCUT2D eigenvalue weighted by Crippen LogP contribution is -2.41. The minimum absolute atomic E-state index is 0.330. The highest BCUT2D eigenvalue weighted by atomic mass is 16.5. The maximum absolute atomic E-state index is 10.5. The van der Waals surface area contributed by atoms with Gasteiger partial charge in [0.05, 0.1) is 0 Å². The molecule has 0 spiro atoms. The van der Waals surface area contributed by atoms with Gasteiger partial charge in [-0.2, -0.15) is 0 Å². The monoisotopic (exact) mass is 156 g/mol. The van der Waals surface area contributed by atoms with Crippen LogP contribution in [0.5, 0.6) is 0 Å². The van der Waals surface area contributed by atoms with Crippen molar-refractivity contribution in [1.82, 2.24) is 4.90 Å². The van der Waals surface area contributed by atoms with Gasteiger partial charge in [-0.15, -0.1) is 0 Å². The Hall–Kier alpha value is -0.410. The second-order valence-corrected chi connectivity index (χ2v) is 2.66. The van der Waals surface area contributed by atoms with E-state index in [1.54, 1.807) is 7.11 Å². The molecule has 0 aromatic carbocycles. The van der Waals surface area contributed by atoms with Crippen molar-refractivity contribution >= 4 is 6.29 Å². The Balaban J connectivity index is 2.35. The zero-order valence-electron chi connectivity index (χ0n) is 6.82. The van der Waals surface area contributed by atoms with Crippen LogP contribution in [0.1, 0.15) is 12.8 Å². The first-order chi connectivity index (χ1) is 5.38. The Bertz CT molecular complexity index is 121. The predicted molar refractivity (Wildman–Crippen MR) is 42.0 cm³/mol. The largest absolute Gasteiger partial charge is 0.359 e. The molecule has 0 saturated carbocycles. The highest BCUT2D eigenvalue weighted by Crippen LogP contribution is 2.10. The average Bonchev–Trinajstić information content (AvgIpc) is 2.09. The summed E-state index contributed by atoms with van der Waals surface area (Å²) in [5.41, 5.74) is 0. The van der Waals surface area contributed by atoms with E-state index in [-0.39, 0.29) is 6.23 Å². The molecule has 1 fully saturated rings. The summed E-state index contributed by atoms with van der Waals surface area (Å²) in [7, 11) is 1.57. The number of aldehydes is 1. The first-order valence-corrected chi connectivity index (χ1v) is 3.92. The van der Waals surface area contributed by atoms with Crippen LogP contribution >= 0.6 is 0 Å². The Morgan fingerprint density at radius 2 is 2.18 bits per heavy atom. The van der Waals surface area contributed by atoms with Crippen molar-refractivity contribution < 1.29 is 9.53 Å². The third kappa shape index (κ3) is 2.27. The molecule has 11 heavy (non-hydrogen) atoms. The minimum atomic E-state index is -0.330. The Morgan fingerprint density at radius 1 is 1.55 bits per heavy atom.